The second-order valence-electron chi connectivity index (χ2n) is 5.88. The maximum Gasteiger partial charge on any atom is 0.282 e. The number of hydrogen-bond acceptors (Lipinski definition) is 5. The van der Waals surface area contributed by atoms with Crippen molar-refractivity contribution in [2.24, 2.45) is 0 Å². The Morgan fingerprint density at radius 2 is 1.70 bits per heavy atom. The molecule has 0 unspecified atom stereocenters. The first-order chi connectivity index (χ1) is 13.2. The first-order valence-corrected chi connectivity index (χ1v) is 9.32. The fourth-order valence-corrected chi connectivity index (χ4v) is 3.68. The molecule has 0 aliphatic carbocycles. The van der Waals surface area contributed by atoms with Crippen LogP contribution in [0.15, 0.2) is 76.9 Å². The molecule has 0 N–H and O–H groups in total. The van der Waals surface area contributed by atoms with Crippen LogP contribution in [-0.4, -0.2) is 19.5 Å². The molecule has 27 heavy (non-hydrogen) atoms. The number of hydrogen-bond donors (Lipinski definition) is 0. The van der Waals surface area contributed by atoms with Crippen LogP contribution in [0.25, 0.3) is 11.2 Å². The van der Waals surface area contributed by atoms with Crippen molar-refractivity contribution in [1.29, 1.82) is 0 Å². The molecule has 0 aliphatic rings. The SMILES string of the molecule is O=c1c2nccnc2nc(SCc2ccccc2F)n1Cc1ccccc1. The lowest BCUT2D eigenvalue weighted by molar-refractivity contribution is 0.616. The van der Waals surface area contributed by atoms with Gasteiger partial charge in [0.05, 0.1) is 6.54 Å². The molecule has 0 aliphatic heterocycles. The second kappa shape index (κ2) is 7.67. The number of thioether (sulfide) groups is 1. The second-order valence-corrected chi connectivity index (χ2v) is 6.82. The van der Waals surface area contributed by atoms with E-state index in [1.165, 1.54) is 30.2 Å². The summed E-state index contributed by atoms with van der Waals surface area (Å²) in [5.74, 6) is 0.0854. The van der Waals surface area contributed by atoms with Crippen molar-refractivity contribution in [2.45, 2.75) is 17.5 Å². The van der Waals surface area contributed by atoms with E-state index < -0.39 is 0 Å². The first-order valence-electron chi connectivity index (χ1n) is 8.34. The Labute approximate surface area is 158 Å². The summed E-state index contributed by atoms with van der Waals surface area (Å²) >= 11 is 1.31. The van der Waals surface area contributed by atoms with E-state index in [9.17, 15) is 9.18 Å². The Morgan fingerprint density at radius 1 is 0.963 bits per heavy atom. The van der Waals surface area contributed by atoms with Crippen LogP contribution in [0.3, 0.4) is 0 Å². The van der Waals surface area contributed by atoms with Crippen molar-refractivity contribution < 1.29 is 4.39 Å². The van der Waals surface area contributed by atoms with Gasteiger partial charge < -0.3 is 0 Å². The number of aromatic nitrogens is 4. The summed E-state index contributed by atoms with van der Waals surface area (Å²) in [6, 6.07) is 16.2. The van der Waals surface area contributed by atoms with Crippen LogP contribution >= 0.6 is 11.8 Å². The molecule has 0 bridgehead atoms. The van der Waals surface area contributed by atoms with Crippen LogP contribution in [0.4, 0.5) is 4.39 Å². The number of fused-ring (bicyclic) bond motifs is 1. The summed E-state index contributed by atoms with van der Waals surface area (Å²) in [5.41, 5.74) is 1.79. The highest BCUT2D eigenvalue weighted by Gasteiger charge is 2.14. The third-order valence-corrected chi connectivity index (χ3v) is 5.08. The normalized spacial score (nSPS) is 11.0. The van der Waals surface area contributed by atoms with E-state index in [1.807, 2.05) is 30.3 Å². The third kappa shape index (κ3) is 3.73. The molecule has 4 rings (SSSR count). The van der Waals surface area contributed by atoms with Crippen molar-refractivity contribution in [3.05, 3.63) is 94.3 Å². The van der Waals surface area contributed by atoms with Gasteiger partial charge in [-0.3, -0.25) is 9.36 Å². The zero-order valence-electron chi connectivity index (χ0n) is 14.2. The van der Waals surface area contributed by atoms with Gasteiger partial charge in [-0.2, -0.15) is 0 Å². The Bertz CT molecular complexity index is 1150. The van der Waals surface area contributed by atoms with E-state index in [4.69, 9.17) is 0 Å². The van der Waals surface area contributed by atoms with E-state index in [0.717, 1.165) is 5.56 Å². The summed E-state index contributed by atoms with van der Waals surface area (Å²) in [7, 11) is 0. The lowest BCUT2D eigenvalue weighted by Crippen LogP contribution is -2.25. The summed E-state index contributed by atoms with van der Waals surface area (Å²) < 4.78 is 15.5. The highest BCUT2D eigenvalue weighted by atomic mass is 32.2. The van der Waals surface area contributed by atoms with Crippen LogP contribution in [0.1, 0.15) is 11.1 Å². The molecule has 0 saturated carbocycles. The summed E-state index contributed by atoms with van der Waals surface area (Å²) in [4.78, 5) is 25.7. The highest BCUT2D eigenvalue weighted by Crippen LogP contribution is 2.23. The van der Waals surface area contributed by atoms with Gasteiger partial charge in [-0.25, -0.2) is 19.3 Å². The van der Waals surface area contributed by atoms with Crippen molar-refractivity contribution in [2.75, 3.05) is 0 Å². The number of halogens is 1. The van der Waals surface area contributed by atoms with Crippen molar-refractivity contribution in [1.82, 2.24) is 19.5 Å². The fraction of sp³-hybridized carbons (Fsp3) is 0.100. The standard InChI is InChI=1S/C20H15FN4OS/c21-16-9-5-4-8-15(16)13-27-20-24-18-17(22-10-11-23-18)19(26)25(20)12-14-6-2-1-3-7-14/h1-11H,12-13H2. The molecular weight excluding hydrogens is 363 g/mol. The van der Waals surface area contributed by atoms with Gasteiger partial charge in [0.25, 0.3) is 5.56 Å². The quantitative estimate of drug-likeness (QED) is 0.392. The largest absolute Gasteiger partial charge is 0.282 e. The van der Waals surface area contributed by atoms with Crippen LogP contribution < -0.4 is 5.56 Å². The van der Waals surface area contributed by atoms with E-state index in [-0.39, 0.29) is 16.9 Å². The average molecular weight is 378 g/mol. The van der Waals surface area contributed by atoms with E-state index in [1.54, 1.807) is 22.8 Å². The lowest BCUT2D eigenvalue weighted by atomic mass is 10.2. The van der Waals surface area contributed by atoms with Crippen LogP contribution in [0.5, 0.6) is 0 Å². The van der Waals surface area contributed by atoms with Gasteiger partial charge in [-0.1, -0.05) is 60.3 Å². The maximum atomic E-state index is 13.9. The highest BCUT2D eigenvalue weighted by molar-refractivity contribution is 7.98. The van der Waals surface area contributed by atoms with E-state index >= 15 is 0 Å². The lowest BCUT2D eigenvalue weighted by Gasteiger charge is -2.12. The molecule has 5 nitrogen and oxygen atoms in total. The predicted molar refractivity (Wildman–Crippen MR) is 103 cm³/mol. The minimum absolute atomic E-state index is 0.226. The van der Waals surface area contributed by atoms with Crippen LogP contribution in [0, 0.1) is 5.82 Å². The van der Waals surface area contributed by atoms with Gasteiger partial charge in [0, 0.05) is 18.1 Å². The van der Waals surface area contributed by atoms with Crippen molar-refractivity contribution >= 4 is 22.9 Å². The predicted octanol–water partition coefficient (Wildman–Crippen LogP) is 3.67. The first kappa shape index (κ1) is 17.4. The van der Waals surface area contributed by atoms with E-state index in [2.05, 4.69) is 15.0 Å². The zero-order chi connectivity index (χ0) is 18.6. The maximum absolute atomic E-state index is 13.9. The molecule has 4 aromatic rings. The molecule has 7 heteroatoms. The topological polar surface area (TPSA) is 60.7 Å². The Hall–Kier alpha value is -3.06. The molecule has 2 heterocycles. The Morgan fingerprint density at radius 3 is 2.52 bits per heavy atom. The number of rotatable bonds is 5. The minimum atomic E-state index is -0.275. The summed E-state index contributed by atoms with van der Waals surface area (Å²) in [5, 5.41) is 0.486. The minimum Gasteiger partial charge on any atom is -0.281 e. The monoisotopic (exact) mass is 378 g/mol. The van der Waals surface area contributed by atoms with Gasteiger partial charge in [0.2, 0.25) is 0 Å². The van der Waals surface area contributed by atoms with Gasteiger partial charge in [-0.05, 0) is 17.2 Å². The van der Waals surface area contributed by atoms with Gasteiger partial charge in [-0.15, -0.1) is 0 Å². The average Bonchev–Trinajstić information content (AvgIpc) is 2.71. The molecule has 0 radical (unpaired) electrons. The molecule has 2 aromatic carbocycles. The number of nitrogens with zero attached hydrogens (tertiary/aromatic N) is 4. The molecule has 0 atom stereocenters. The molecule has 0 fully saturated rings. The molecule has 0 spiro atoms. The molecule has 2 aromatic heterocycles. The van der Waals surface area contributed by atoms with Crippen molar-refractivity contribution in [3.63, 3.8) is 0 Å². The Kier molecular flexibility index (Phi) is 4.93. The van der Waals surface area contributed by atoms with Gasteiger partial charge in [0.15, 0.2) is 16.3 Å². The Balaban J connectivity index is 1.76. The zero-order valence-corrected chi connectivity index (χ0v) is 15.1. The van der Waals surface area contributed by atoms with Gasteiger partial charge >= 0.3 is 0 Å². The summed E-state index contributed by atoms with van der Waals surface area (Å²) in [6.07, 6.45) is 2.98. The molecular formula is C20H15FN4OS. The summed E-state index contributed by atoms with van der Waals surface area (Å²) in [6.45, 7) is 0.360. The fourth-order valence-electron chi connectivity index (χ4n) is 2.70. The molecule has 0 saturated heterocycles. The van der Waals surface area contributed by atoms with Crippen molar-refractivity contribution in [3.8, 4) is 0 Å². The molecule has 0 amide bonds. The smallest absolute Gasteiger partial charge is 0.281 e. The molecule has 134 valence electrons. The third-order valence-electron chi connectivity index (χ3n) is 4.06. The van der Waals surface area contributed by atoms with E-state index in [0.29, 0.717) is 28.7 Å². The van der Waals surface area contributed by atoms with Gasteiger partial charge in [0.1, 0.15) is 5.82 Å². The number of benzene rings is 2. The van der Waals surface area contributed by atoms with Crippen LogP contribution in [0.2, 0.25) is 0 Å². The van der Waals surface area contributed by atoms with Crippen LogP contribution in [-0.2, 0) is 12.3 Å².